The number of aromatic nitrogens is 3. The molecule has 0 saturated heterocycles. The number of nitrogens with zero attached hydrogens (tertiary/aromatic N) is 3. The van der Waals surface area contributed by atoms with Crippen molar-refractivity contribution in [2.75, 3.05) is 31.1 Å². The van der Waals surface area contributed by atoms with Gasteiger partial charge in [-0.15, -0.1) is 5.10 Å². The number of phenols is 1. The highest BCUT2D eigenvalue weighted by Gasteiger charge is 2.46. The Bertz CT molecular complexity index is 1330. The molecule has 1 aliphatic rings. The predicted octanol–water partition coefficient (Wildman–Crippen LogP) is 3.57. The van der Waals surface area contributed by atoms with Crippen molar-refractivity contribution >= 4 is 32.7 Å². The molecule has 1 fully saturated rings. The number of benzene rings is 2. The van der Waals surface area contributed by atoms with E-state index in [-0.39, 0.29) is 29.6 Å². The van der Waals surface area contributed by atoms with Gasteiger partial charge in [0.05, 0.1) is 24.5 Å². The number of phenolic OH excluding ortho intramolecular Hbond substituents is 1. The Kier molecular flexibility index (Phi) is 7.49. The summed E-state index contributed by atoms with van der Waals surface area (Å²) >= 11 is 0. The average molecular weight is 512 g/mol. The van der Waals surface area contributed by atoms with E-state index in [1.54, 1.807) is 24.3 Å². The van der Waals surface area contributed by atoms with Gasteiger partial charge in [0.2, 0.25) is 0 Å². The highest BCUT2D eigenvalue weighted by atomic mass is 32.3. The third-order valence-electron chi connectivity index (χ3n) is 6.78. The lowest BCUT2D eigenvalue weighted by Crippen LogP contribution is -2.36. The molecule has 1 N–H and O–H groups in total. The number of ether oxygens (including phenoxy) is 1. The molecule has 3 aromatic rings. The van der Waals surface area contributed by atoms with Crippen LogP contribution in [0.25, 0.3) is 10.9 Å². The zero-order valence-electron chi connectivity index (χ0n) is 21.1. The molecule has 9 heteroatoms. The van der Waals surface area contributed by atoms with Gasteiger partial charge in [-0.1, -0.05) is 16.8 Å². The normalized spacial score (nSPS) is 20.4. The Morgan fingerprint density at radius 3 is 2.53 bits per heavy atom. The van der Waals surface area contributed by atoms with Crippen molar-refractivity contribution in [2.45, 2.75) is 26.3 Å². The Morgan fingerprint density at radius 2 is 1.83 bits per heavy atom. The number of Topliss-reactive ketones (excluding diaryl/α,β-unsaturated/α-hetero) is 1. The molecule has 0 spiro atoms. The molecule has 8 nitrogen and oxygen atoms in total. The van der Waals surface area contributed by atoms with Gasteiger partial charge in [0.25, 0.3) is 5.56 Å². The first-order valence-corrected chi connectivity index (χ1v) is 15.1. The van der Waals surface area contributed by atoms with Gasteiger partial charge in [0.15, 0.2) is 5.78 Å². The van der Waals surface area contributed by atoms with Crippen molar-refractivity contribution in [3.63, 3.8) is 0 Å². The molecular formula is C27H33N3O5S. The predicted molar refractivity (Wildman–Crippen MR) is 142 cm³/mol. The Balaban J connectivity index is 1.62. The van der Waals surface area contributed by atoms with Gasteiger partial charge in [0.1, 0.15) is 11.3 Å². The minimum Gasteiger partial charge on any atom is -0.508 e. The van der Waals surface area contributed by atoms with Gasteiger partial charge in [0, 0.05) is 17.2 Å². The standard InChI is InChI=1S/C27H33N3O5S/c1-17-5-12-23-22(15-17)26(33)30(29-28-23)16-19-8-11-21(25(32)18-6-9-20(31)10-7-18)24(19)27(34)35-13-14-36(2,3)4/h5-7,9-10,12,15,19,21,24,31H,8,11,13-14,16H2,1-4H3/t19-,21-,24-/m0/s1. The van der Waals surface area contributed by atoms with E-state index in [9.17, 15) is 19.5 Å². The number of ketones is 1. The van der Waals surface area contributed by atoms with Crippen LogP contribution in [0.2, 0.25) is 0 Å². The van der Waals surface area contributed by atoms with Crippen molar-refractivity contribution < 1.29 is 19.4 Å². The molecule has 192 valence electrons. The maximum Gasteiger partial charge on any atom is 0.310 e. The molecule has 0 bridgehead atoms. The van der Waals surface area contributed by atoms with Crippen molar-refractivity contribution in [3.8, 4) is 5.75 Å². The van der Waals surface area contributed by atoms with Crippen molar-refractivity contribution in [1.29, 1.82) is 0 Å². The maximum atomic E-state index is 13.4. The summed E-state index contributed by atoms with van der Waals surface area (Å²) in [7, 11) is -0.844. The van der Waals surface area contributed by atoms with Crippen LogP contribution in [0.4, 0.5) is 0 Å². The molecule has 0 amide bonds. The fraction of sp³-hybridized carbons (Fsp3) is 0.444. The van der Waals surface area contributed by atoms with Gasteiger partial charge in [-0.05, 0) is 80.8 Å². The summed E-state index contributed by atoms with van der Waals surface area (Å²) in [4.78, 5) is 39.9. The van der Waals surface area contributed by atoms with E-state index < -0.39 is 27.8 Å². The quantitative estimate of drug-likeness (QED) is 0.363. The fourth-order valence-electron chi connectivity index (χ4n) is 4.80. The molecule has 1 heterocycles. The van der Waals surface area contributed by atoms with E-state index in [1.165, 1.54) is 16.8 Å². The topological polar surface area (TPSA) is 111 Å². The molecule has 2 aromatic carbocycles. The summed E-state index contributed by atoms with van der Waals surface area (Å²) in [6, 6.07) is 11.5. The Hall–Kier alpha value is -3.20. The zero-order chi connectivity index (χ0) is 26.0. The molecule has 1 aromatic heterocycles. The third kappa shape index (κ3) is 5.78. The minimum atomic E-state index is -0.844. The van der Waals surface area contributed by atoms with E-state index >= 15 is 0 Å². The SMILES string of the molecule is Cc1ccc2nnn(C[C@@H]3CC[C@H](C(=O)c4ccc(O)cc4)[C@H]3C(=O)OCCS(C)(C)C)c(=O)c2c1. The first-order chi connectivity index (χ1) is 17.0. The van der Waals surface area contributed by atoms with Crippen molar-refractivity contribution in [3.05, 3.63) is 63.9 Å². The number of esters is 1. The molecule has 0 unspecified atom stereocenters. The van der Waals surface area contributed by atoms with E-state index in [2.05, 4.69) is 29.1 Å². The first-order valence-electron chi connectivity index (χ1n) is 12.0. The van der Waals surface area contributed by atoms with Crippen LogP contribution in [0.3, 0.4) is 0 Å². The first kappa shape index (κ1) is 25.9. The highest BCUT2D eigenvalue weighted by molar-refractivity contribution is 8.32. The molecule has 36 heavy (non-hydrogen) atoms. The number of hydrogen-bond donors (Lipinski definition) is 1. The summed E-state index contributed by atoms with van der Waals surface area (Å²) in [5.41, 5.74) is 1.64. The van der Waals surface area contributed by atoms with E-state index in [1.807, 2.05) is 13.0 Å². The van der Waals surface area contributed by atoms with Crippen LogP contribution >= 0.6 is 10.0 Å². The maximum absolute atomic E-state index is 13.4. The smallest absolute Gasteiger partial charge is 0.310 e. The lowest BCUT2D eigenvalue weighted by Gasteiger charge is -2.26. The lowest BCUT2D eigenvalue weighted by atomic mass is 9.84. The number of rotatable bonds is 8. The zero-order valence-corrected chi connectivity index (χ0v) is 22.0. The molecular weight excluding hydrogens is 478 g/mol. The average Bonchev–Trinajstić information content (AvgIpc) is 3.24. The number of fused-ring (bicyclic) bond motifs is 1. The van der Waals surface area contributed by atoms with Gasteiger partial charge >= 0.3 is 5.97 Å². The summed E-state index contributed by atoms with van der Waals surface area (Å²) in [6.07, 6.45) is 7.55. The summed E-state index contributed by atoms with van der Waals surface area (Å²) < 4.78 is 6.99. The molecule has 3 atom stereocenters. The van der Waals surface area contributed by atoms with Gasteiger partial charge in [-0.3, -0.25) is 14.4 Å². The minimum absolute atomic E-state index is 0.0704. The van der Waals surface area contributed by atoms with E-state index in [0.29, 0.717) is 35.9 Å². The molecule has 4 rings (SSSR count). The second kappa shape index (κ2) is 10.4. The van der Waals surface area contributed by atoms with Crippen LogP contribution in [0.15, 0.2) is 47.3 Å². The van der Waals surface area contributed by atoms with Crippen LogP contribution in [-0.4, -0.2) is 63.0 Å². The summed E-state index contributed by atoms with van der Waals surface area (Å²) in [5, 5.41) is 18.4. The lowest BCUT2D eigenvalue weighted by molar-refractivity contribution is -0.150. The van der Waals surface area contributed by atoms with Crippen LogP contribution in [0.1, 0.15) is 28.8 Å². The number of carbonyl (C=O) groups excluding carboxylic acids is 2. The van der Waals surface area contributed by atoms with E-state index in [0.717, 1.165) is 11.3 Å². The van der Waals surface area contributed by atoms with Crippen molar-refractivity contribution in [1.82, 2.24) is 15.0 Å². The molecule has 0 aliphatic heterocycles. The summed E-state index contributed by atoms with van der Waals surface area (Å²) in [5.74, 6) is -1.27. The molecule has 1 aliphatic carbocycles. The number of carbonyl (C=O) groups is 2. The van der Waals surface area contributed by atoms with Gasteiger partial charge < -0.3 is 9.84 Å². The van der Waals surface area contributed by atoms with Crippen LogP contribution in [0.5, 0.6) is 5.75 Å². The second-order valence-electron chi connectivity index (χ2n) is 10.4. The third-order valence-corrected chi connectivity index (χ3v) is 8.17. The molecule has 1 saturated carbocycles. The number of aryl methyl sites for hydroxylation is 1. The van der Waals surface area contributed by atoms with Crippen LogP contribution in [0, 0.1) is 24.7 Å². The Morgan fingerprint density at radius 1 is 1.11 bits per heavy atom. The Labute approximate surface area is 212 Å². The van der Waals surface area contributed by atoms with Gasteiger partial charge in [-0.25, -0.2) is 14.7 Å². The summed E-state index contributed by atoms with van der Waals surface area (Å²) in [6.45, 7) is 2.39. The number of hydrogen-bond acceptors (Lipinski definition) is 7. The molecule has 0 radical (unpaired) electrons. The second-order valence-corrected chi connectivity index (χ2v) is 15.0. The van der Waals surface area contributed by atoms with Crippen LogP contribution < -0.4 is 5.56 Å². The fourth-order valence-corrected chi connectivity index (χ4v) is 5.38. The van der Waals surface area contributed by atoms with Crippen LogP contribution in [-0.2, 0) is 16.1 Å². The largest absolute Gasteiger partial charge is 0.508 e. The number of aromatic hydroxyl groups is 1. The highest BCUT2D eigenvalue weighted by Crippen LogP contribution is 2.41. The monoisotopic (exact) mass is 511 g/mol. The van der Waals surface area contributed by atoms with E-state index in [4.69, 9.17) is 4.74 Å². The van der Waals surface area contributed by atoms with Gasteiger partial charge in [-0.2, -0.15) is 0 Å². The van der Waals surface area contributed by atoms with Crippen molar-refractivity contribution in [2.24, 2.45) is 17.8 Å².